The molecule has 1 heterocycles. The Hall–Kier alpha value is -1.28. The van der Waals surface area contributed by atoms with Crippen LogP contribution in [0, 0.1) is 5.92 Å². The third kappa shape index (κ3) is 7.62. The molecule has 1 aliphatic carbocycles. The molecule has 0 aromatic carbocycles. The van der Waals surface area contributed by atoms with Crippen LogP contribution in [-0.2, 0) is 20.9 Å². The number of rotatable bonds is 10. The van der Waals surface area contributed by atoms with Crippen molar-refractivity contribution in [1.29, 1.82) is 0 Å². The van der Waals surface area contributed by atoms with E-state index in [1.165, 1.54) is 0 Å². The fraction of sp³-hybridized carbons (Fsp3) is 0.667. The van der Waals surface area contributed by atoms with Gasteiger partial charge in [0.05, 0.1) is 30.3 Å². The largest absolute Gasteiger partial charge is 0.593 e. The maximum absolute atomic E-state index is 12.5. The second-order valence-corrected chi connectivity index (χ2v) is 9.31. The van der Waals surface area contributed by atoms with Crippen LogP contribution in [0.3, 0.4) is 0 Å². The van der Waals surface area contributed by atoms with E-state index in [9.17, 15) is 9.35 Å². The fourth-order valence-electron chi connectivity index (χ4n) is 3.42. The average molecular weight is 410 g/mol. The minimum absolute atomic E-state index is 0.00332. The molecule has 0 spiro atoms. The molecule has 1 aliphatic heterocycles. The number of nitrogens with zero attached hydrogens (tertiary/aromatic N) is 1. The summed E-state index contributed by atoms with van der Waals surface area (Å²) >= 11 is -1.05. The predicted octanol–water partition coefficient (Wildman–Crippen LogP) is 2.28. The van der Waals surface area contributed by atoms with Gasteiger partial charge in [-0.2, -0.15) is 0 Å². The van der Waals surface area contributed by atoms with Gasteiger partial charge in [0.2, 0.25) is 5.91 Å². The average Bonchev–Trinajstić information content (AvgIpc) is 2.71. The highest BCUT2D eigenvalue weighted by Crippen LogP contribution is 2.23. The van der Waals surface area contributed by atoms with Gasteiger partial charge in [-0.05, 0) is 39.5 Å². The second kappa shape index (κ2) is 12.3. The number of hydrogen-bond acceptors (Lipinski definition) is 5. The second-order valence-electron chi connectivity index (χ2n) is 7.56. The molecule has 1 saturated heterocycles. The Morgan fingerprint density at radius 3 is 2.82 bits per heavy atom. The van der Waals surface area contributed by atoms with E-state index in [0.29, 0.717) is 13.0 Å². The molecule has 6 nitrogen and oxygen atoms in total. The lowest BCUT2D eigenvalue weighted by molar-refractivity contribution is -0.125. The summed E-state index contributed by atoms with van der Waals surface area (Å²) in [4.78, 5) is 14.9. The lowest BCUT2D eigenvalue weighted by Gasteiger charge is -2.33. The summed E-state index contributed by atoms with van der Waals surface area (Å²) < 4.78 is 20.4. The van der Waals surface area contributed by atoms with Gasteiger partial charge in [-0.25, -0.2) is 4.72 Å². The Labute approximate surface area is 172 Å². The number of carbonyl (C=O) groups excluding carboxylic acids is 1. The molecule has 158 valence electrons. The summed E-state index contributed by atoms with van der Waals surface area (Å²) in [7, 11) is 0. The summed E-state index contributed by atoms with van der Waals surface area (Å²) in [5.74, 6) is 0.122. The van der Waals surface area contributed by atoms with Crippen LogP contribution < -0.4 is 10.0 Å². The smallest absolute Gasteiger partial charge is 0.223 e. The van der Waals surface area contributed by atoms with Gasteiger partial charge in [-0.1, -0.05) is 30.9 Å². The Balaban J connectivity index is 1.75. The molecule has 2 aliphatic rings. The molecular weight excluding hydrogens is 374 g/mol. The number of hydrogen-bond donors (Lipinski definition) is 2. The molecule has 7 heteroatoms. The highest BCUT2D eigenvalue weighted by Gasteiger charge is 2.24. The molecule has 28 heavy (non-hydrogen) atoms. The van der Waals surface area contributed by atoms with E-state index < -0.39 is 11.4 Å². The van der Waals surface area contributed by atoms with Crippen LogP contribution in [0.15, 0.2) is 36.6 Å². The van der Waals surface area contributed by atoms with Crippen LogP contribution in [0.2, 0.25) is 0 Å². The molecule has 2 rings (SSSR count). The Morgan fingerprint density at radius 1 is 1.46 bits per heavy atom. The SMILES string of the molecule is C=C/C=C\C(CCNC(=O)C1CC=C(N[S+]([O-])C(C)C)CC1)N1CCOCC1. The molecule has 2 N–H and O–H groups in total. The van der Waals surface area contributed by atoms with E-state index in [1.807, 2.05) is 26.0 Å². The van der Waals surface area contributed by atoms with Gasteiger partial charge < -0.3 is 14.6 Å². The number of carbonyl (C=O) groups is 1. The van der Waals surface area contributed by atoms with Gasteiger partial charge in [0, 0.05) is 31.6 Å². The highest BCUT2D eigenvalue weighted by atomic mass is 32.2. The molecule has 0 bridgehead atoms. The van der Waals surface area contributed by atoms with Crippen molar-refractivity contribution in [2.24, 2.45) is 5.92 Å². The zero-order valence-corrected chi connectivity index (χ0v) is 18.0. The highest BCUT2D eigenvalue weighted by molar-refractivity contribution is 7.90. The zero-order valence-electron chi connectivity index (χ0n) is 17.2. The first-order chi connectivity index (χ1) is 13.5. The molecule has 0 aromatic heterocycles. The first-order valence-electron chi connectivity index (χ1n) is 10.3. The molecule has 0 saturated carbocycles. The van der Waals surface area contributed by atoms with E-state index in [4.69, 9.17) is 4.74 Å². The summed E-state index contributed by atoms with van der Waals surface area (Å²) in [6, 6.07) is 0.287. The van der Waals surface area contributed by atoms with Crippen molar-refractivity contribution in [3.63, 3.8) is 0 Å². The van der Waals surface area contributed by atoms with Gasteiger partial charge in [-0.15, -0.1) is 0 Å². The van der Waals surface area contributed by atoms with Crippen molar-refractivity contribution in [2.45, 2.75) is 50.8 Å². The van der Waals surface area contributed by atoms with E-state index in [2.05, 4.69) is 27.6 Å². The summed E-state index contributed by atoms with van der Waals surface area (Å²) in [6.07, 6.45) is 11.1. The Bertz CT molecular complexity index is 559. The summed E-state index contributed by atoms with van der Waals surface area (Å²) in [5, 5.41) is 3.19. The van der Waals surface area contributed by atoms with E-state index >= 15 is 0 Å². The number of ether oxygens (including phenoxy) is 1. The number of morpholine rings is 1. The lowest BCUT2D eigenvalue weighted by atomic mass is 9.92. The quantitative estimate of drug-likeness (QED) is 0.428. The normalized spacial score (nSPS) is 23.3. The van der Waals surface area contributed by atoms with Crippen molar-refractivity contribution < 1.29 is 14.1 Å². The number of allylic oxidation sites excluding steroid dienone is 4. The fourth-order valence-corrected chi connectivity index (χ4v) is 4.10. The van der Waals surface area contributed by atoms with E-state index in [0.717, 1.165) is 51.3 Å². The minimum Gasteiger partial charge on any atom is -0.593 e. The number of nitrogens with one attached hydrogen (secondary N) is 2. The van der Waals surface area contributed by atoms with E-state index in [-0.39, 0.29) is 23.1 Å². The van der Waals surface area contributed by atoms with Crippen molar-refractivity contribution in [3.05, 3.63) is 36.6 Å². The Morgan fingerprint density at radius 2 is 2.21 bits per heavy atom. The van der Waals surface area contributed by atoms with Crippen LogP contribution in [0.25, 0.3) is 0 Å². The molecule has 0 radical (unpaired) electrons. The third-order valence-electron chi connectivity index (χ3n) is 5.16. The first-order valence-corrected chi connectivity index (χ1v) is 11.5. The van der Waals surface area contributed by atoms with Crippen LogP contribution in [0.1, 0.15) is 39.5 Å². The zero-order chi connectivity index (χ0) is 20.4. The molecular formula is C21H35N3O3S. The van der Waals surface area contributed by atoms with Crippen LogP contribution >= 0.6 is 0 Å². The standard InChI is InChI=1S/C21H35N3O3S/c1-4-5-6-20(24-13-15-27-16-14-24)11-12-22-21(25)18-7-9-19(10-8-18)23-28(26)17(2)3/h4-6,9,17-18,20,23H,1,7-8,10-16H2,2-3H3,(H,22,25)/b6-5-. The maximum Gasteiger partial charge on any atom is 0.223 e. The number of amides is 1. The molecule has 0 aromatic rings. The monoisotopic (exact) mass is 409 g/mol. The van der Waals surface area contributed by atoms with E-state index in [1.54, 1.807) is 6.08 Å². The van der Waals surface area contributed by atoms with Crippen molar-refractivity contribution in [1.82, 2.24) is 14.9 Å². The molecule has 1 amide bonds. The lowest BCUT2D eigenvalue weighted by Crippen LogP contribution is -2.44. The van der Waals surface area contributed by atoms with Crippen LogP contribution in [0.5, 0.6) is 0 Å². The molecule has 3 unspecified atom stereocenters. The van der Waals surface area contributed by atoms with Gasteiger partial charge in [0.25, 0.3) is 0 Å². The third-order valence-corrected chi connectivity index (χ3v) is 6.48. The van der Waals surface area contributed by atoms with Gasteiger partial charge >= 0.3 is 0 Å². The summed E-state index contributed by atoms with van der Waals surface area (Å²) in [5.41, 5.74) is 0.998. The topological polar surface area (TPSA) is 76.7 Å². The van der Waals surface area contributed by atoms with Gasteiger partial charge in [-0.3, -0.25) is 9.69 Å². The first kappa shape index (κ1) is 23.0. The maximum atomic E-state index is 12.5. The van der Waals surface area contributed by atoms with Gasteiger partial charge in [0.15, 0.2) is 0 Å². The molecule has 3 atom stereocenters. The van der Waals surface area contributed by atoms with Crippen molar-refractivity contribution in [2.75, 3.05) is 32.8 Å². The van der Waals surface area contributed by atoms with Crippen LogP contribution in [0.4, 0.5) is 0 Å². The van der Waals surface area contributed by atoms with Crippen molar-refractivity contribution >= 4 is 17.3 Å². The van der Waals surface area contributed by atoms with Gasteiger partial charge in [0.1, 0.15) is 5.25 Å². The van der Waals surface area contributed by atoms with Crippen molar-refractivity contribution in [3.8, 4) is 0 Å². The van der Waals surface area contributed by atoms with Crippen LogP contribution in [-0.4, -0.2) is 59.5 Å². The Kier molecular flexibility index (Phi) is 10.1. The summed E-state index contributed by atoms with van der Waals surface area (Å²) in [6.45, 7) is 11.6. The predicted molar refractivity (Wildman–Crippen MR) is 115 cm³/mol. The molecule has 1 fully saturated rings. The minimum atomic E-state index is -1.05.